The van der Waals surface area contributed by atoms with Crippen LogP contribution in [0, 0.1) is 0 Å². The summed E-state index contributed by atoms with van der Waals surface area (Å²) in [4.78, 5) is 24.5. The van der Waals surface area contributed by atoms with Crippen LogP contribution in [0.3, 0.4) is 0 Å². The van der Waals surface area contributed by atoms with Crippen molar-refractivity contribution in [1.29, 1.82) is 0 Å². The number of benzene rings is 1. The van der Waals surface area contributed by atoms with Gasteiger partial charge >= 0.3 is 6.18 Å². The van der Waals surface area contributed by atoms with Crippen LogP contribution in [0.25, 0.3) is 22.5 Å². The fourth-order valence-electron chi connectivity index (χ4n) is 2.46. The summed E-state index contributed by atoms with van der Waals surface area (Å²) in [5.41, 5.74) is 7.88. The fraction of sp³-hybridized carbons (Fsp3) is 0.158. The van der Waals surface area contributed by atoms with Gasteiger partial charge in [0.05, 0.1) is 11.4 Å². The molecular weight excluding hydrogens is 387 g/mol. The van der Waals surface area contributed by atoms with Gasteiger partial charge in [-0.3, -0.25) is 4.79 Å². The van der Waals surface area contributed by atoms with Crippen LogP contribution in [0.2, 0.25) is 0 Å². The normalized spacial score (nSPS) is 11.2. The first-order valence-corrected chi connectivity index (χ1v) is 8.37. The molecule has 3 rings (SSSR count). The summed E-state index contributed by atoms with van der Waals surface area (Å²) < 4.78 is 41.5. The highest BCUT2D eigenvalue weighted by atomic mass is 19.4. The maximum Gasteiger partial charge on any atom is 0.422 e. The van der Waals surface area contributed by atoms with Crippen LogP contribution >= 0.6 is 0 Å². The van der Waals surface area contributed by atoms with Crippen LogP contribution in [-0.4, -0.2) is 40.7 Å². The molecule has 0 fully saturated rings. The average molecular weight is 403 g/mol. The van der Waals surface area contributed by atoms with Crippen molar-refractivity contribution in [2.24, 2.45) is 0 Å². The highest BCUT2D eigenvalue weighted by molar-refractivity contribution is 5.96. The van der Waals surface area contributed by atoms with E-state index in [1.165, 1.54) is 31.6 Å². The van der Waals surface area contributed by atoms with Crippen LogP contribution in [0.5, 0.6) is 5.75 Å². The molecule has 0 saturated carbocycles. The molecule has 2 heterocycles. The smallest absolute Gasteiger partial charge is 0.422 e. The summed E-state index contributed by atoms with van der Waals surface area (Å²) in [5.74, 6) is -0.150. The number of aromatic nitrogens is 3. The van der Waals surface area contributed by atoms with Gasteiger partial charge in [-0.2, -0.15) is 13.2 Å². The minimum Gasteiger partial charge on any atom is -0.484 e. The molecule has 150 valence electrons. The summed E-state index contributed by atoms with van der Waals surface area (Å²) in [6, 6.07) is 9.09. The molecule has 0 spiro atoms. The zero-order valence-electron chi connectivity index (χ0n) is 15.2. The zero-order valence-corrected chi connectivity index (χ0v) is 15.2. The van der Waals surface area contributed by atoms with Crippen molar-refractivity contribution in [2.75, 3.05) is 19.4 Å². The van der Waals surface area contributed by atoms with Crippen molar-refractivity contribution in [3.8, 4) is 28.3 Å². The highest BCUT2D eigenvalue weighted by Gasteiger charge is 2.28. The van der Waals surface area contributed by atoms with E-state index in [-0.39, 0.29) is 17.6 Å². The summed E-state index contributed by atoms with van der Waals surface area (Å²) in [6.07, 6.45) is -1.45. The van der Waals surface area contributed by atoms with Crippen LogP contribution in [0.15, 0.2) is 48.8 Å². The number of ether oxygens (including phenoxy) is 1. The van der Waals surface area contributed by atoms with E-state index in [4.69, 9.17) is 10.5 Å². The second-order valence-electron chi connectivity index (χ2n) is 5.96. The molecule has 0 aliphatic carbocycles. The van der Waals surface area contributed by atoms with Gasteiger partial charge in [0, 0.05) is 36.1 Å². The Hall–Kier alpha value is -3.69. The second-order valence-corrected chi connectivity index (χ2v) is 5.96. The predicted molar refractivity (Wildman–Crippen MR) is 100 cm³/mol. The van der Waals surface area contributed by atoms with Gasteiger partial charge in [-0.25, -0.2) is 15.0 Å². The van der Waals surface area contributed by atoms with Gasteiger partial charge in [-0.05, 0) is 36.4 Å². The SMILES string of the molecule is CNC(=O)c1cc(-c2ccc(OCC(F)(F)F)cc2)nc(-c2cnc(N)nc2)c1. The van der Waals surface area contributed by atoms with Crippen molar-refractivity contribution in [1.82, 2.24) is 20.3 Å². The lowest BCUT2D eigenvalue weighted by atomic mass is 10.1. The fourth-order valence-corrected chi connectivity index (χ4v) is 2.46. The number of hydrogen-bond acceptors (Lipinski definition) is 6. The number of rotatable bonds is 5. The number of carbonyl (C=O) groups excluding carboxylic acids is 1. The molecular formula is C19H16F3N5O2. The number of nitrogens with one attached hydrogen (secondary N) is 1. The van der Waals surface area contributed by atoms with E-state index in [1.54, 1.807) is 24.3 Å². The van der Waals surface area contributed by atoms with Crippen molar-refractivity contribution in [3.63, 3.8) is 0 Å². The molecule has 1 aromatic carbocycles. The third-order valence-corrected chi connectivity index (χ3v) is 3.83. The third-order valence-electron chi connectivity index (χ3n) is 3.83. The van der Waals surface area contributed by atoms with Gasteiger partial charge in [-0.1, -0.05) is 0 Å². The Bertz CT molecular complexity index is 1010. The van der Waals surface area contributed by atoms with E-state index in [9.17, 15) is 18.0 Å². The number of amides is 1. The monoisotopic (exact) mass is 403 g/mol. The molecule has 0 aliphatic rings. The van der Waals surface area contributed by atoms with Gasteiger partial charge < -0.3 is 15.8 Å². The molecule has 0 unspecified atom stereocenters. The molecule has 1 amide bonds. The first-order valence-electron chi connectivity index (χ1n) is 8.37. The van der Waals surface area contributed by atoms with Gasteiger partial charge in [-0.15, -0.1) is 0 Å². The maximum atomic E-state index is 12.3. The molecule has 2 aromatic heterocycles. The Morgan fingerprint density at radius 2 is 1.66 bits per heavy atom. The molecule has 29 heavy (non-hydrogen) atoms. The maximum absolute atomic E-state index is 12.3. The lowest BCUT2D eigenvalue weighted by Gasteiger charge is -2.11. The second kappa shape index (κ2) is 8.13. The summed E-state index contributed by atoms with van der Waals surface area (Å²) >= 11 is 0. The molecule has 3 N–H and O–H groups in total. The number of nitrogens with two attached hydrogens (primary N) is 1. The first-order chi connectivity index (χ1) is 13.7. The number of halogens is 3. The minimum absolute atomic E-state index is 0.0701. The van der Waals surface area contributed by atoms with E-state index < -0.39 is 12.8 Å². The van der Waals surface area contributed by atoms with Crippen LogP contribution in [0.4, 0.5) is 19.1 Å². The number of nitrogen functional groups attached to an aromatic ring is 1. The van der Waals surface area contributed by atoms with Crippen molar-refractivity contribution >= 4 is 11.9 Å². The standard InChI is InChI=1S/C19H16F3N5O2/c1-24-17(28)12-6-15(27-16(7-12)13-8-25-18(23)26-9-13)11-2-4-14(5-3-11)29-10-19(20,21)22/h2-9H,10H2,1H3,(H,24,28)(H2,23,25,26). The van der Waals surface area contributed by atoms with E-state index in [0.29, 0.717) is 28.1 Å². The van der Waals surface area contributed by atoms with E-state index in [0.717, 1.165) is 0 Å². The number of nitrogens with zero attached hydrogens (tertiary/aromatic N) is 3. The van der Waals surface area contributed by atoms with Crippen LogP contribution in [0.1, 0.15) is 10.4 Å². The minimum atomic E-state index is -4.42. The molecule has 10 heteroatoms. The predicted octanol–water partition coefficient (Wildman–Crippen LogP) is 3.09. The number of pyridine rings is 1. The molecule has 7 nitrogen and oxygen atoms in total. The van der Waals surface area contributed by atoms with Gasteiger partial charge in [0.15, 0.2) is 6.61 Å². The summed E-state index contributed by atoms with van der Waals surface area (Å²) in [5, 5.41) is 2.54. The Morgan fingerprint density at radius 3 is 2.21 bits per heavy atom. The van der Waals surface area contributed by atoms with Gasteiger partial charge in [0.25, 0.3) is 5.91 Å². The lowest BCUT2D eigenvalue weighted by molar-refractivity contribution is -0.153. The lowest BCUT2D eigenvalue weighted by Crippen LogP contribution is -2.19. The summed E-state index contributed by atoms with van der Waals surface area (Å²) in [6.45, 7) is -1.38. The topological polar surface area (TPSA) is 103 Å². The quantitative estimate of drug-likeness (QED) is 0.679. The Kier molecular flexibility index (Phi) is 5.62. The van der Waals surface area contributed by atoms with E-state index in [2.05, 4.69) is 20.3 Å². The van der Waals surface area contributed by atoms with Gasteiger partial charge in [0.1, 0.15) is 5.75 Å². The summed E-state index contributed by atoms with van der Waals surface area (Å²) in [7, 11) is 1.50. The van der Waals surface area contributed by atoms with Crippen molar-refractivity contribution < 1.29 is 22.7 Å². The molecule has 0 saturated heterocycles. The van der Waals surface area contributed by atoms with Crippen molar-refractivity contribution in [2.45, 2.75) is 6.18 Å². The largest absolute Gasteiger partial charge is 0.484 e. The number of carbonyl (C=O) groups is 1. The van der Waals surface area contributed by atoms with Crippen LogP contribution < -0.4 is 15.8 Å². The highest BCUT2D eigenvalue weighted by Crippen LogP contribution is 2.27. The number of alkyl halides is 3. The molecule has 0 bridgehead atoms. The van der Waals surface area contributed by atoms with E-state index in [1.807, 2.05) is 0 Å². The first kappa shape index (κ1) is 20.1. The molecule has 0 radical (unpaired) electrons. The zero-order chi connectivity index (χ0) is 21.0. The van der Waals surface area contributed by atoms with Gasteiger partial charge in [0.2, 0.25) is 5.95 Å². The Morgan fingerprint density at radius 1 is 1.07 bits per heavy atom. The molecule has 3 aromatic rings. The molecule has 0 atom stereocenters. The Labute approximate surface area is 163 Å². The van der Waals surface area contributed by atoms with Crippen LogP contribution in [-0.2, 0) is 0 Å². The number of hydrogen-bond donors (Lipinski definition) is 2. The van der Waals surface area contributed by atoms with Crippen molar-refractivity contribution in [3.05, 3.63) is 54.4 Å². The number of anilines is 1. The van der Waals surface area contributed by atoms with E-state index >= 15 is 0 Å². The Balaban J connectivity index is 1.96. The average Bonchev–Trinajstić information content (AvgIpc) is 2.71. The third kappa shape index (κ3) is 5.18. The molecule has 0 aliphatic heterocycles.